The monoisotopic (exact) mass is 244 g/mol. The van der Waals surface area contributed by atoms with E-state index in [4.69, 9.17) is 5.14 Å². The third-order valence-corrected chi connectivity index (χ3v) is 2.81. The van der Waals surface area contributed by atoms with E-state index in [-0.39, 0.29) is 18.0 Å². The number of carbonyl (C=O) groups is 1. The summed E-state index contributed by atoms with van der Waals surface area (Å²) in [5.41, 5.74) is 0.272. The summed E-state index contributed by atoms with van der Waals surface area (Å²) >= 11 is 0. The number of benzene rings is 1. The Morgan fingerprint density at radius 3 is 2.62 bits per heavy atom. The largest absolute Gasteiger partial charge is 0.507 e. The molecule has 1 rings (SSSR count). The summed E-state index contributed by atoms with van der Waals surface area (Å²) in [6, 6.07) is 3.65. The Labute approximate surface area is 93.1 Å². The molecule has 1 amide bonds. The number of carbonyl (C=O) groups excluding carboxylic acids is 1. The van der Waals surface area contributed by atoms with Crippen LogP contribution in [0.3, 0.4) is 0 Å². The number of hydrogen-bond acceptors (Lipinski definition) is 4. The van der Waals surface area contributed by atoms with Crippen LogP contribution < -0.4 is 10.5 Å². The van der Waals surface area contributed by atoms with Gasteiger partial charge in [-0.1, -0.05) is 6.92 Å². The number of amides is 1. The maximum Gasteiger partial charge on any atom is 0.241 e. The lowest BCUT2D eigenvalue weighted by Gasteiger charge is -2.06. The topological polar surface area (TPSA) is 109 Å². The van der Waals surface area contributed by atoms with Gasteiger partial charge in [0, 0.05) is 12.1 Å². The van der Waals surface area contributed by atoms with E-state index < -0.39 is 20.7 Å². The van der Waals surface area contributed by atoms with Gasteiger partial charge < -0.3 is 10.4 Å². The summed E-state index contributed by atoms with van der Waals surface area (Å²) in [4.78, 5) is 10.7. The van der Waals surface area contributed by atoms with Gasteiger partial charge in [-0.05, 0) is 18.2 Å². The summed E-state index contributed by atoms with van der Waals surface area (Å²) in [5, 5.41) is 16.6. The Balaban J connectivity index is 3.13. The normalized spacial score (nSPS) is 11.1. The Hall–Kier alpha value is -1.60. The number of nitrogens with one attached hydrogen (secondary N) is 1. The van der Waals surface area contributed by atoms with Crippen LogP contribution in [0, 0.1) is 0 Å². The fourth-order valence-electron chi connectivity index (χ4n) is 1.07. The second-order valence-electron chi connectivity index (χ2n) is 3.13. The highest BCUT2D eigenvalue weighted by molar-refractivity contribution is 7.89. The second-order valence-corrected chi connectivity index (χ2v) is 4.66. The first-order valence-corrected chi connectivity index (χ1v) is 6.05. The van der Waals surface area contributed by atoms with Crippen LogP contribution in [0.5, 0.6) is 5.75 Å². The van der Waals surface area contributed by atoms with Gasteiger partial charge in [0.05, 0.1) is 0 Å². The first-order chi connectivity index (χ1) is 7.34. The van der Waals surface area contributed by atoms with E-state index in [1.807, 2.05) is 0 Å². The van der Waals surface area contributed by atoms with E-state index in [0.717, 1.165) is 12.1 Å². The van der Waals surface area contributed by atoms with Crippen molar-refractivity contribution in [2.45, 2.75) is 18.2 Å². The molecular formula is C9H12N2O4S. The molecule has 6 nitrogen and oxygen atoms in total. The summed E-state index contributed by atoms with van der Waals surface area (Å²) in [6.45, 7) is 1.66. The van der Waals surface area contributed by atoms with E-state index in [1.54, 1.807) is 6.92 Å². The molecule has 0 aliphatic rings. The van der Waals surface area contributed by atoms with Crippen molar-refractivity contribution in [1.82, 2.24) is 0 Å². The molecule has 1 aromatic rings. The molecule has 0 aliphatic heterocycles. The van der Waals surface area contributed by atoms with Crippen molar-refractivity contribution in [3.05, 3.63) is 18.2 Å². The average Bonchev–Trinajstić information content (AvgIpc) is 2.19. The predicted octanol–water partition coefficient (Wildman–Crippen LogP) is 0.388. The van der Waals surface area contributed by atoms with Crippen molar-refractivity contribution in [1.29, 1.82) is 0 Å². The fourth-order valence-corrected chi connectivity index (χ4v) is 1.72. The van der Waals surface area contributed by atoms with Crippen molar-refractivity contribution in [2.24, 2.45) is 5.14 Å². The molecular weight excluding hydrogens is 232 g/mol. The molecule has 16 heavy (non-hydrogen) atoms. The quantitative estimate of drug-likeness (QED) is 0.668. The van der Waals surface area contributed by atoms with Gasteiger partial charge in [-0.3, -0.25) is 4.79 Å². The Kier molecular flexibility index (Phi) is 3.51. The molecule has 7 heteroatoms. The van der Waals surface area contributed by atoms with Gasteiger partial charge in [0.15, 0.2) is 0 Å². The van der Waals surface area contributed by atoms with Crippen molar-refractivity contribution in [3.63, 3.8) is 0 Å². The van der Waals surface area contributed by atoms with E-state index in [2.05, 4.69) is 5.32 Å². The zero-order valence-electron chi connectivity index (χ0n) is 8.60. The smallest absolute Gasteiger partial charge is 0.241 e. The fraction of sp³-hybridized carbons (Fsp3) is 0.222. The molecule has 0 aliphatic carbocycles. The zero-order chi connectivity index (χ0) is 12.3. The lowest BCUT2D eigenvalue weighted by molar-refractivity contribution is -0.115. The molecule has 0 spiro atoms. The van der Waals surface area contributed by atoms with Crippen LogP contribution in [0.2, 0.25) is 0 Å². The minimum absolute atomic E-state index is 0.258. The summed E-state index contributed by atoms with van der Waals surface area (Å²) < 4.78 is 22.1. The highest BCUT2D eigenvalue weighted by Gasteiger charge is 2.14. The van der Waals surface area contributed by atoms with Crippen LogP contribution in [-0.2, 0) is 14.8 Å². The van der Waals surface area contributed by atoms with Gasteiger partial charge in [0.2, 0.25) is 15.9 Å². The molecule has 0 atom stereocenters. The van der Waals surface area contributed by atoms with Crippen LogP contribution in [0.4, 0.5) is 5.69 Å². The first kappa shape index (κ1) is 12.5. The van der Waals surface area contributed by atoms with Gasteiger partial charge in [0.1, 0.15) is 10.6 Å². The minimum Gasteiger partial charge on any atom is -0.507 e. The third kappa shape index (κ3) is 2.94. The first-order valence-electron chi connectivity index (χ1n) is 4.50. The van der Waals surface area contributed by atoms with Crippen LogP contribution >= 0.6 is 0 Å². The highest BCUT2D eigenvalue weighted by Crippen LogP contribution is 2.24. The van der Waals surface area contributed by atoms with Gasteiger partial charge in [-0.25, -0.2) is 13.6 Å². The molecule has 88 valence electrons. The maximum absolute atomic E-state index is 11.1. The number of phenols is 1. The number of aromatic hydroxyl groups is 1. The molecule has 1 aromatic carbocycles. The SMILES string of the molecule is CCC(=O)Nc1ccc(O)c(S(N)(=O)=O)c1. The molecule has 0 aromatic heterocycles. The standard InChI is InChI=1S/C9H12N2O4S/c1-2-9(13)11-6-3-4-7(12)8(5-6)16(10,14)15/h3-5,12H,2H2,1H3,(H,11,13)(H2,10,14,15). The van der Waals surface area contributed by atoms with Gasteiger partial charge in [0.25, 0.3) is 0 Å². The molecule has 0 fully saturated rings. The number of rotatable bonds is 3. The number of anilines is 1. The van der Waals surface area contributed by atoms with Crippen LogP contribution in [0.1, 0.15) is 13.3 Å². The lowest BCUT2D eigenvalue weighted by atomic mass is 10.3. The molecule has 0 unspecified atom stereocenters. The number of sulfonamides is 1. The predicted molar refractivity (Wildman–Crippen MR) is 58.4 cm³/mol. The van der Waals surface area contributed by atoms with Gasteiger partial charge >= 0.3 is 0 Å². The summed E-state index contributed by atoms with van der Waals surface area (Å²) in [5.74, 6) is -0.706. The minimum atomic E-state index is -4.00. The lowest BCUT2D eigenvalue weighted by Crippen LogP contribution is -2.14. The second kappa shape index (κ2) is 4.50. The van der Waals surface area contributed by atoms with Crippen molar-refractivity contribution < 1.29 is 18.3 Å². The van der Waals surface area contributed by atoms with Gasteiger partial charge in [-0.15, -0.1) is 0 Å². The molecule has 0 heterocycles. The third-order valence-electron chi connectivity index (χ3n) is 1.87. The Morgan fingerprint density at radius 2 is 2.12 bits per heavy atom. The highest BCUT2D eigenvalue weighted by atomic mass is 32.2. The molecule has 0 saturated heterocycles. The summed E-state index contributed by atoms with van der Waals surface area (Å²) in [7, 11) is -4.00. The van der Waals surface area contributed by atoms with Gasteiger partial charge in [-0.2, -0.15) is 0 Å². The maximum atomic E-state index is 11.1. The molecule has 0 saturated carbocycles. The molecule has 4 N–H and O–H groups in total. The summed E-state index contributed by atoms with van der Waals surface area (Å²) in [6.07, 6.45) is 0.269. The van der Waals surface area contributed by atoms with E-state index in [9.17, 15) is 18.3 Å². The van der Waals surface area contributed by atoms with Crippen molar-refractivity contribution >= 4 is 21.6 Å². The number of hydrogen-bond donors (Lipinski definition) is 3. The van der Waals surface area contributed by atoms with Crippen LogP contribution in [0.25, 0.3) is 0 Å². The number of primary sulfonamides is 1. The zero-order valence-corrected chi connectivity index (χ0v) is 9.41. The Morgan fingerprint density at radius 1 is 1.50 bits per heavy atom. The molecule has 0 radical (unpaired) electrons. The van der Waals surface area contributed by atoms with Crippen LogP contribution in [-0.4, -0.2) is 19.4 Å². The molecule has 0 bridgehead atoms. The van der Waals surface area contributed by atoms with Crippen molar-refractivity contribution in [3.8, 4) is 5.75 Å². The van der Waals surface area contributed by atoms with E-state index in [1.165, 1.54) is 6.07 Å². The Bertz CT molecular complexity index is 510. The van der Waals surface area contributed by atoms with E-state index >= 15 is 0 Å². The van der Waals surface area contributed by atoms with Crippen LogP contribution in [0.15, 0.2) is 23.1 Å². The number of phenolic OH excluding ortho intramolecular Hbond substituents is 1. The van der Waals surface area contributed by atoms with Crippen molar-refractivity contribution in [2.75, 3.05) is 5.32 Å². The average molecular weight is 244 g/mol. The van der Waals surface area contributed by atoms with E-state index in [0.29, 0.717) is 0 Å². The number of nitrogens with two attached hydrogens (primary N) is 1.